The number of hydrogen-bond donors (Lipinski definition) is 2. The number of thiophene rings is 1. The Labute approximate surface area is 124 Å². The highest BCUT2D eigenvalue weighted by Crippen LogP contribution is 2.34. The zero-order chi connectivity index (χ0) is 14.9. The fourth-order valence-corrected chi connectivity index (χ4v) is 3.46. The maximum Gasteiger partial charge on any atom is 0.263 e. The van der Waals surface area contributed by atoms with Crippen molar-refractivity contribution < 1.29 is 4.79 Å². The summed E-state index contributed by atoms with van der Waals surface area (Å²) in [6, 6.07) is 6.27. The Morgan fingerprint density at radius 1 is 1.35 bits per heavy atom. The first-order valence-electron chi connectivity index (χ1n) is 6.98. The van der Waals surface area contributed by atoms with Crippen molar-refractivity contribution in [1.29, 1.82) is 0 Å². The fraction of sp³-hybridized carbons (Fsp3) is 0.438. The predicted molar refractivity (Wildman–Crippen MR) is 87.4 cm³/mol. The van der Waals surface area contributed by atoms with Crippen LogP contribution >= 0.6 is 11.3 Å². The standard InChI is InChI=1S/C16H22N2OS/c1-9(2)7-11(4)18-16(19)15-14(17)12-8-10(3)5-6-13(12)20-15/h5-6,8-9,11H,7,17H2,1-4H3,(H,18,19). The van der Waals surface area contributed by atoms with Crippen LogP contribution in [0.1, 0.15) is 42.4 Å². The molecule has 0 aliphatic rings. The molecule has 0 aliphatic heterocycles. The lowest BCUT2D eigenvalue weighted by atomic mass is 10.1. The molecule has 0 aliphatic carbocycles. The van der Waals surface area contributed by atoms with Gasteiger partial charge in [0.25, 0.3) is 5.91 Å². The third-order valence-electron chi connectivity index (χ3n) is 3.29. The van der Waals surface area contributed by atoms with Crippen LogP contribution < -0.4 is 11.1 Å². The highest BCUT2D eigenvalue weighted by Gasteiger charge is 2.18. The van der Waals surface area contributed by atoms with Crippen molar-refractivity contribution in [1.82, 2.24) is 5.32 Å². The summed E-state index contributed by atoms with van der Waals surface area (Å²) in [7, 11) is 0. The second kappa shape index (κ2) is 5.83. The van der Waals surface area contributed by atoms with Gasteiger partial charge in [-0.3, -0.25) is 4.79 Å². The average molecular weight is 290 g/mol. The molecule has 4 heteroatoms. The van der Waals surface area contributed by atoms with E-state index in [1.54, 1.807) is 0 Å². The Hall–Kier alpha value is -1.55. The maximum atomic E-state index is 12.3. The number of hydrogen-bond acceptors (Lipinski definition) is 3. The van der Waals surface area contributed by atoms with Gasteiger partial charge in [0.05, 0.1) is 5.69 Å². The summed E-state index contributed by atoms with van der Waals surface area (Å²) in [5, 5.41) is 4.02. The first-order valence-corrected chi connectivity index (χ1v) is 7.79. The van der Waals surface area contributed by atoms with Gasteiger partial charge in [0.15, 0.2) is 0 Å². The lowest BCUT2D eigenvalue weighted by Crippen LogP contribution is -2.33. The second-order valence-electron chi connectivity index (χ2n) is 5.85. The molecule has 0 bridgehead atoms. The average Bonchev–Trinajstić information content (AvgIpc) is 2.65. The normalized spacial score (nSPS) is 12.8. The summed E-state index contributed by atoms with van der Waals surface area (Å²) in [5.74, 6) is 0.502. The number of nitrogen functional groups attached to an aromatic ring is 1. The van der Waals surface area contributed by atoms with E-state index in [2.05, 4.69) is 19.2 Å². The molecule has 2 aromatic rings. The maximum absolute atomic E-state index is 12.3. The zero-order valence-corrected chi connectivity index (χ0v) is 13.3. The molecule has 1 aromatic heterocycles. The number of nitrogens with one attached hydrogen (secondary N) is 1. The van der Waals surface area contributed by atoms with E-state index in [1.807, 2.05) is 32.0 Å². The number of nitrogens with two attached hydrogens (primary N) is 1. The van der Waals surface area contributed by atoms with Gasteiger partial charge in [0, 0.05) is 16.1 Å². The van der Waals surface area contributed by atoms with E-state index in [0.717, 1.165) is 22.1 Å². The van der Waals surface area contributed by atoms with Gasteiger partial charge in [-0.1, -0.05) is 25.5 Å². The Kier molecular flexibility index (Phi) is 4.33. The van der Waals surface area contributed by atoms with E-state index < -0.39 is 0 Å². The number of amides is 1. The van der Waals surface area contributed by atoms with E-state index in [9.17, 15) is 4.79 Å². The Morgan fingerprint density at radius 3 is 2.70 bits per heavy atom. The smallest absolute Gasteiger partial charge is 0.263 e. The first kappa shape index (κ1) is 14.9. The SMILES string of the molecule is Cc1ccc2sc(C(=O)NC(C)CC(C)C)c(N)c2c1. The van der Waals surface area contributed by atoms with Crippen molar-refractivity contribution in [3.8, 4) is 0 Å². The van der Waals surface area contributed by atoms with Crippen LogP contribution in [-0.4, -0.2) is 11.9 Å². The number of benzene rings is 1. The highest BCUT2D eigenvalue weighted by molar-refractivity contribution is 7.21. The molecule has 2 rings (SSSR count). The van der Waals surface area contributed by atoms with Gasteiger partial charge in [-0.25, -0.2) is 0 Å². The van der Waals surface area contributed by atoms with Crippen molar-refractivity contribution in [2.24, 2.45) is 5.92 Å². The van der Waals surface area contributed by atoms with Crippen molar-refractivity contribution >= 4 is 33.0 Å². The lowest BCUT2D eigenvalue weighted by molar-refractivity contribution is 0.0941. The topological polar surface area (TPSA) is 55.1 Å². The van der Waals surface area contributed by atoms with Crippen LogP contribution in [0.5, 0.6) is 0 Å². The van der Waals surface area contributed by atoms with Gasteiger partial charge in [0.1, 0.15) is 4.88 Å². The van der Waals surface area contributed by atoms with E-state index in [0.29, 0.717) is 16.5 Å². The molecule has 0 spiro atoms. The molecule has 1 aromatic carbocycles. The van der Waals surface area contributed by atoms with Crippen LogP contribution in [0, 0.1) is 12.8 Å². The summed E-state index contributed by atoms with van der Waals surface area (Å²) in [6.07, 6.45) is 0.968. The Morgan fingerprint density at radius 2 is 2.05 bits per heavy atom. The minimum absolute atomic E-state index is 0.0606. The highest BCUT2D eigenvalue weighted by atomic mass is 32.1. The Balaban J connectivity index is 2.24. The quantitative estimate of drug-likeness (QED) is 0.895. The molecular formula is C16H22N2OS. The number of anilines is 1. The Bertz CT molecular complexity index is 631. The van der Waals surface area contributed by atoms with Gasteiger partial charge in [-0.15, -0.1) is 11.3 Å². The van der Waals surface area contributed by atoms with Crippen LogP contribution in [0.2, 0.25) is 0 Å². The summed E-state index contributed by atoms with van der Waals surface area (Å²) < 4.78 is 1.06. The van der Waals surface area contributed by atoms with E-state index >= 15 is 0 Å². The zero-order valence-electron chi connectivity index (χ0n) is 12.5. The molecule has 0 fully saturated rings. The second-order valence-corrected chi connectivity index (χ2v) is 6.90. The predicted octanol–water partition coefficient (Wildman–Crippen LogP) is 3.96. The van der Waals surface area contributed by atoms with Crippen molar-refractivity contribution in [3.05, 3.63) is 28.6 Å². The van der Waals surface area contributed by atoms with Crippen LogP contribution in [0.15, 0.2) is 18.2 Å². The number of fused-ring (bicyclic) bond motifs is 1. The number of aryl methyl sites for hydroxylation is 1. The molecular weight excluding hydrogens is 268 g/mol. The van der Waals surface area contributed by atoms with Gasteiger partial charge >= 0.3 is 0 Å². The van der Waals surface area contributed by atoms with Crippen LogP contribution in [0.3, 0.4) is 0 Å². The summed E-state index contributed by atoms with van der Waals surface area (Å²) in [4.78, 5) is 13.0. The van der Waals surface area contributed by atoms with Gasteiger partial charge in [-0.2, -0.15) is 0 Å². The van der Waals surface area contributed by atoms with Gasteiger partial charge in [-0.05, 0) is 38.3 Å². The summed E-state index contributed by atoms with van der Waals surface area (Å²) in [6.45, 7) is 8.37. The third kappa shape index (κ3) is 3.12. The molecule has 20 heavy (non-hydrogen) atoms. The molecule has 3 N–H and O–H groups in total. The molecule has 1 unspecified atom stereocenters. The van der Waals surface area contributed by atoms with Gasteiger partial charge in [0.2, 0.25) is 0 Å². The molecule has 0 saturated carbocycles. The van der Waals surface area contributed by atoms with Crippen LogP contribution in [0.4, 0.5) is 5.69 Å². The minimum atomic E-state index is -0.0606. The van der Waals surface area contributed by atoms with Crippen molar-refractivity contribution in [2.45, 2.75) is 40.2 Å². The molecule has 0 radical (unpaired) electrons. The number of rotatable bonds is 4. The fourth-order valence-electron chi connectivity index (χ4n) is 2.45. The number of carbonyl (C=O) groups excluding carboxylic acids is 1. The summed E-state index contributed by atoms with van der Waals surface area (Å²) >= 11 is 1.46. The molecule has 108 valence electrons. The van der Waals surface area contributed by atoms with Crippen LogP contribution in [0.25, 0.3) is 10.1 Å². The molecule has 1 atom stereocenters. The third-order valence-corrected chi connectivity index (χ3v) is 4.48. The largest absolute Gasteiger partial charge is 0.397 e. The summed E-state index contributed by atoms with van der Waals surface area (Å²) in [5.41, 5.74) is 7.89. The van der Waals surface area contributed by atoms with E-state index in [-0.39, 0.29) is 11.9 Å². The molecule has 1 heterocycles. The van der Waals surface area contributed by atoms with Gasteiger partial charge < -0.3 is 11.1 Å². The number of carbonyl (C=O) groups is 1. The van der Waals surface area contributed by atoms with Crippen molar-refractivity contribution in [3.63, 3.8) is 0 Å². The van der Waals surface area contributed by atoms with E-state index in [4.69, 9.17) is 5.73 Å². The van der Waals surface area contributed by atoms with Crippen LogP contribution in [-0.2, 0) is 0 Å². The minimum Gasteiger partial charge on any atom is -0.397 e. The molecule has 0 saturated heterocycles. The molecule has 3 nitrogen and oxygen atoms in total. The van der Waals surface area contributed by atoms with Crippen molar-refractivity contribution in [2.75, 3.05) is 5.73 Å². The first-order chi connectivity index (χ1) is 9.38. The van der Waals surface area contributed by atoms with E-state index in [1.165, 1.54) is 11.3 Å². The monoisotopic (exact) mass is 290 g/mol. The lowest BCUT2D eigenvalue weighted by Gasteiger charge is -2.15. The molecule has 1 amide bonds.